The smallest absolute Gasteiger partial charge is 0.165 e. The number of nitrogens with one attached hydrogen (secondary N) is 1. The summed E-state index contributed by atoms with van der Waals surface area (Å²) in [4.78, 5) is 24.1. The summed E-state index contributed by atoms with van der Waals surface area (Å²) in [6.45, 7) is 9.62. The third-order valence-corrected chi connectivity index (χ3v) is 8.30. The number of fused-ring (bicyclic) bond motifs is 2. The van der Waals surface area contributed by atoms with Gasteiger partial charge in [0.05, 0.1) is 25.4 Å². The molecule has 2 aliphatic rings. The highest BCUT2D eigenvalue weighted by molar-refractivity contribution is 7.18. The average molecular weight is 493 g/mol. The van der Waals surface area contributed by atoms with Crippen molar-refractivity contribution in [2.24, 2.45) is 5.92 Å². The summed E-state index contributed by atoms with van der Waals surface area (Å²) in [7, 11) is 0. The van der Waals surface area contributed by atoms with E-state index in [9.17, 15) is 5.11 Å². The second-order valence-corrected chi connectivity index (χ2v) is 11.2. The quantitative estimate of drug-likeness (QED) is 0.434. The van der Waals surface area contributed by atoms with Gasteiger partial charge in [-0.2, -0.15) is 0 Å². The second kappa shape index (κ2) is 9.13. The predicted octanol–water partition coefficient (Wildman–Crippen LogP) is 4.05. The van der Waals surface area contributed by atoms with E-state index in [1.807, 2.05) is 32.2 Å². The van der Waals surface area contributed by atoms with Gasteiger partial charge in [0.2, 0.25) is 0 Å². The zero-order chi connectivity index (χ0) is 24.0. The number of para-hydroxylation sites is 1. The Labute approximate surface area is 209 Å². The number of rotatable bonds is 5. The van der Waals surface area contributed by atoms with Crippen LogP contribution < -0.4 is 4.90 Å². The van der Waals surface area contributed by atoms with Gasteiger partial charge < -0.3 is 19.7 Å². The van der Waals surface area contributed by atoms with Crippen molar-refractivity contribution in [3.63, 3.8) is 0 Å². The molecule has 2 N–H and O–H groups in total. The highest BCUT2D eigenvalue weighted by Crippen LogP contribution is 2.35. The normalized spacial score (nSPS) is 18.7. The third-order valence-electron chi connectivity index (χ3n) is 7.37. The van der Waals surface area contributed by atoms with Gasteiger partial charge >= 0.3 is 0 Å². The molecule has 35 heavy (non-hydrogen) atoms. The molecular formula is C26H32N6O2S. The topological polar surface area (TPSA) is 90.4 Å². The SMILES string of the molecule is CC(C)(O)C1CCN(Cc2nc3c(N4CCOCC4)nc(-c4c[nH]c5ccccc45)nc3s2)CC1. The molecule has 0 unspecified atom stereocenters. The van der Waals surface area contributed by atoms with E-state index in [-0.39, 0.29) is 0 Å². The molecule has 2 saturated heterocycles. The lowest BCUT2D eigenvalue weighted by molar-refractivity contribution is -0.0136. The Morgan fingerprint density at radius 1 is 1.09 bits per heavy atom. The molecule has 0 amide bonds. The first kappa shape index (κ1) is 22.8. The van der Waals surface area contributed by atoms with Crippen LogP contribution in [-0.4, -0.2) is 74.9 Å². The fourth-order valence-electron chi connectivity index (χ4n) is 5.28. The number of morpholine rings is 1. The Morgan fingerprint density at radius 2 is 1.86 bits per heavy atom. The lowest BCUT2D eigenvalue weighted by Gasteiger charge is -2.37. The van der Waals surface area contributed by atoms with Gasteiger partial charge in [0.1, 0.15) is 15.4 Å². The van der Waals surface area contributed by atoms with E-state index in [0.29, 0.717) is 19.1 Å². The fraction of sp³-hybridized carbons (Fsp3) is 0.500. The number of thiazole rings is 1. The highest BCUT2D eigenvalue weighted by Gasteiger charge is 2.31. The monoisotopic (exact) mass is 492 g/mol. The van der Waals surface area contributed by atoms with Crippen LogP contribution in [-0.2, 0) is 11.3 Å². The van der Waals surface area contributed by atoms with Gasteiger partial charge in [0.15, 0.2) is 11.6 Å². The van der Waals surface area contributed by atoms with Gasteiger partial charge in [-0.15, -0.1) is 0 Å². The van der Waals surface area contributed by atoms with E-state index < -0.39 is 5.60 Å². The Bertz CT molecular complexity index is 1330. The van der Waals surface area contributed by atoms with Crippen molar-refractivity contribution in [1.82, 2.24) is 24.8 Å². The van der Waals surface area contributed by atoms with Crippen LogP contribution >= 0.6 is 11.3 Å². The lowest BCUT2D eigenvalue weighted by atomic mass is 9.83. The van der Waals surface area contributed by atoms with Crippen molar-refractivity contribution in [3.05, 3.63) is 35.5 Å². The molecule has 0 saturated carbocycles. The average Bonchev–Trinajstić information content (AvgIpc) is 3.47. The number of H-pyrrole nitrogens is 1. The molecule has 4 aromatic rings. The zero-order valence-corrected chi connectivity index (χ0v) is 21.1. The van der Waals surface area contributed by atoms with Crippen molar-refractivity contribution in [3.8, 4) is 11.4 Å². The molecule has 0 spiro atoms. The maximum Gasteiger partial charge on any atom is 0.165 e. The van der Waals surface area contributed by atoms with Crippen molar-refractivity contribution < 1.29 is 9.84 Å². The first-order chi connectivity index (χ1) is 17.0. The van der Waals surface area contributed by atoms with Crippen LogP contribution in [0.2, 0.25) is 0 Å². The zero-order valence-electron chi connectivity index (χ0n) is 20.3. The van der Waals surface area contributed by atoms with Crippen LogP contribution in [0.3, 0.4) is 0 Å². The van der Waals surface area contributed by atoms with Crippen LogP contribution in [0.25, 0.3) is 32.6 Å². The van der Waals surface area contributed by atoms with Crippen LogP contribution in [0.1, 0.15) is 31.7 Å². The van der Waals surface area contributed by atoms with Crippen molar-refractivity contribution in [2.45, 2.75) is 38.8 Å². The Hall–Kier alpha value is -2.59. The van der Waals surface area contributed by atoms with E-state index in [1.165, 1.54) is 0 Å². The molecule has 0 atom stereocenters. The first-order valence-electron chi connectivity index (χ1n) is 12.5. The molecule has 9 heteroatoms. The number of anilines is 1. The standard InChI is InChI=1S/C26H32N6O2S/c1-26(2,33)17-7-9-31(10-8-17)16-21-28-22-24(32-11-13-34-14-12-32)29-23(30-25(22)35-21)19-15-27-20-6-4-3-5-18(19)20/h3-6,15,17,27,33H,7-14,16H2,1-2H3. The molecule has 2 aliphatic heterocycles. The molecule has 0 aliphatic carbocycles. The highest BCUT2D eigenvalue weighted by atomic mass is 32.1. The fourth-order valence-corrected chi connectivity index (χ4v) is 6.25. The van der Waals surface area contributed by atoms with Crippen LogP contribution in [0.15, 0.2) is 30.5 Å². The van der Waals surface area contributed by atoms with Crippen molar-refractivity contribution in [2.75, 3.05) is 44.3 Å². The number of piperidine rings is 1. The molecule has 0 radical (unpaired) electrons. The molecule has 1 aromatic carbocycles. The molecule has 0 bridgehead atoms. The number of aromatic nitrogens is 4. The van der Waals surface area contributed by atoms with Gasteiger partial charge in [-0.1, -0.05) is 29.5 Å². The number of ether oxygens (including phenoxy) is 1. The summed E-state index contributed by atoms with van der Waals surface area (Å²) >= 11 is 1.67. The van der Waals surface area contributed by atoms with Gasteiger partial charge in [-0.05, 0) is 51.8 Å². The number of aromatic amines is 1. The van der Waals surface area contributed by atoms with E-state index in [1.54, 1.807) is 11.3 Å². The van der Waals surface area contributed by atoms with Gasteiger partial charge in [-0.3, -0.25) is 4.90 Å². The summed E-state index contributed by atoms with van der Waals surface area (Å²) in [6.07, 6.45) is 4.03. The first-order valence-corrected chi connectivity index (χ1v) is 13.3. The molecule has 8 nitrogen and oxygen atoms in total. The van der Waals surface area contributed by atoms with Crippen LogP contribution in [0.4, 0.5) is 5.82 Å². The molecule has 184 valence electrons. The Morgan fingerprint density at radius 3 is 2.63 bits per heavy atom. The van der Waals surface area contributed by atoms with Gasteiger partial charge in [0.25, 0.3) is 0 Å². The number of benzene rings is 1. The minimum Gasteiger partial charge on any atom is -0.390 e. The Kier molecular flexibility index (Phi) is 5.96. The summed E-state index contributed by atoms with van der Waals surface area (Å²) in [5.74, 6) is 1.99. The summed E-state index contributed by atoms with van der Waals surface area (Å²) in [5.41, 5.74) is 2.38. The lowest BCUT2D eigenvalue weighted by Crippen LogP contribution is -2.41. The molecule has 5 heterocycles. The maximum absolute atomic E-state index is 10.4. The summed E-state index contributed by atoms with van der Waals surface area (Å²) in [5, 5.41) is 12.6. The summed E-state index contributed by atoms with van der Waals surface area (Å²) in [6, 6.07) is 8.27. The number of nitrogens with zero attached hydrogens (tertiary/aromatic N) is 5. The van der Waals surface area contributed by atoms with E-state index >= 15 is 0 Å². The third kappa shape index (κ3) is 4.53. The van der Waals surface area contributed by atoms with Crippen LogP contribution in [0.5, 0.6) is 0 Å². The minimum absolute atomic E-state index is 0.353. The second-order valence-electron chi connectivity index (χ2n) is 10.2. The summed E-state index contributed by atoms with van der Waals surface area (Å²) < 4.78 is 5.60. The van der Waals surface area contributed by atoms with Crippen molar-refractivity contribution >= 4 is 38.4 Å². The molecule has 6 rings (SSSR count). The number of likely N-dealkylation sites (tertiary alicyclic amines) is 1. The predicted molar refractivity (Wildman–Crippen MR) is 140 cm³/mol. The van der Waals surface area contributed by atoms with E-state index in [2.05, 4.69) is 26.9 Å². The van der Waals surface area contributed by atoms with Crippen molar-refractivity contribution in [1.29, 1.82) is 0 Å². The largest absolute Gasteiger partial charge is 0.390 e. The number of hydrogen-bond donors (Lipinski definition) is 2. The van der Waals surface area contributed by atoms with Gasteiger partial charge in [0, 0.05) is 35.8 Å². The number of aliphatic hydroxyl groups is 1. The van der Waals surface area contributed by atoms with Gasteiger partial charge in [-0.25, -0.2) is 15.0 Å². The van der Waals surface area contributed by atoms with E-state index in [4.69, 9.17) is 19.7 Å². The number of hydrogen-bond acceptors (Lipinski definition) is 8. The minimum atomic E-state index is -0.608. The molecular weight excluding hydrogens is 460 g/mol. The molecule has 2 fully saturated rings. The van der Waals surface area contributed by atoms with E-state index in [0.717, 1.165) is 89.0 Å². The van der Waals surface area contributed by atoms with Crippen LogP contribution in [0, 0.1) is 5.92 Å². The molecule has 3 aromatic heterocycles. The maximum atomic E-state index is 10.4. The Balaban J connectivity index is 1.34.